The lowest BCUT2D eigenvalue weighted by Crippen LogP contribution is -2.07. The minimum absolute atomic E-state index is 0.112. The van der Waals surface area contributed by atoms with E-state index >= 15 is 0 Å². The molecule has 0 aliphatic heterocycles. The summed E-state index contributed by atoms with van der Waals surface area (Å²) in [5.74, 6) is -0.558. The van der Waals surface area contributed by atoms with Crippen LogP contribution in [0.15, 0.2) is 28.9 Å². The first-order chi connectivity index (χ1) is 9.95. The van der Waals surface area contributed by atoms with Crippen LogP contribution in [0.4, 0.5) is 5.69 Å². The number of nitrogens with zero attached hydrogens (tertiary/aromatic N) is 3. The summed E-state index contributed by atoms with van der Waals surface area (Å²) in [7, 11) is 1.61. The molecule has 0 spiro atoms. The van der Waals surface area contributed by atoms with Crippen LogP contribution in [0.5, 0.6) is 0 Å². The number of benzene rings is 1. The average Bonchev–Trinajstić information content (AvgIpc) is 2.81. The fourth-order valence-corrected chi connectivity index (χ4v) is 2.32. The lowest BCUT2D eigenvalue weighted by molar-refractivity contribution is -0.384. The second kappa shape index (κ2) is 6.04. The van der Waals surface area contributed by atoms with E-state index in [1.165, 1.54) is 16.9 Å². The van der Waals surface area contributed by atoms with Crippen molar-refractivity contribution in [3.05, 3.63) is 44.5 Å². The standard InChI is InChI=1S/C13H12BrN3O4/c1-3-21-13(18)10-7-15-16(2)12(10)9-5-4-8(14)6-11(9)17(19)20/h4-7H,3H2,1-2H3. The van der Waals surface area contributed by atoms with Crippen LogP contribution in [0.3, 0.4) is 0 Å². The van der Waals surface area contributed by atoms with Crippen molar-refractivity contribution in [2.45, 2.75) is 6.92 Å². The quantitative estimate of drug-likeness (QED) is 0.479. The van der Waals surface area contributed by atoms with Crippen LogP contribution in [0.25, 0.3) is 11.3 Å². The van der Waals surface area contributed by atoms with E-state index in [1.807, 2.05) is 0 Å². The summed E-state index contributed by atoms with van der Waals surface area (Å²) in [6.07, 6.45) is 1.35. The van der Waals surface area contributed by atoms with Crippen LogP contribution in [-0.2, 0) is 11.8 Å². The van der Waals surface area contributed by atoms with Crippen LogP contribution in [0.1, 0.15) is 17.3 Å². The number of carbonyl (C=O) groups is 1. The lowest BCUT2D eigenvalue weighted by atomic mass is 10.1. The molecule has 0 unspecified atom stereocenters. The molecule has 0 aliphatic rings. The smallest absolute Gasteiger partial charge is 0.341 e. The zero-order valence-corrected chi connectivity index (χ0v) is 13.0. The number of aryl methyl sites for hydroxylation is 1. The predicted octanol–water partition coefficient (Wildman–Crippen LogP) is 2.93. The molecular weight excluding hydrogens is 342 g/mol. The van der Waals surface area contributed by atoms with Gasteiger partial charge >= 0.3 is 5.97 Å². The molecule has 0 bridgehead atoms. The fourth-order valence-electron chi connectivity index (χ4n) is 1.97. The molecule has 0 N–H and O–H groups in total. The Labute approximate surface area is 128 Å². The monoisotopic (exact) mass is 353 g/mol. The van der Waals surface area contributed by atoms with Gasteiger partial charge in [0.15, 0.2) is 0 Å². The van der Waals surface area contributed by atoms with E-state index in [0.717, 1.165) is 0 Å². The number of aromatic nitrogens is 2. The third kappa shape index (κ3) is 2.94. The second-order valence-corrected chi connectivity index (χ2v) is 5.09. The molecule has 0 radical (unpaired) electrons. The SMILES string of the molecule is CCOC(=O)c1cnn(C)c1-c1ccc(Br)cc1[N+](=O)[O-]. The first kappa shape index (κ1) is 15.2. The van der Waals surface area contributed by atoms with Crippen molar-refractivity contribution in [3.8, 4) is 11.3 Å². The van der Waals surface area contributed by atoms with Crippen LogP contribution >= 0.6 is 15.9 Å². The van der Waals surface area contributed by atoms with Crippen molar-refractivity contribution in [2.75, 3.05) is 6.61 Å². The Kier molecular flexibility index (Phi) is 4.37. The van der Waals surface area contributed by atoms with Gasteiger partial charge in [-0.1, -0.05) is 15.9 Å². The van der Waals surface area contributed by atoms with Crippen LogP contribution in [0, 0.1) is 10.1 Å². The molecule has 0 saturated carbocycles. The Bertz CT molecular complexity index is 711. The van der Waals surface area contributed by atoms with E-state index in [-0.39, 0.29) is 17.9 Å². The van der Waals surface area contributed by atoms with Crippen LogP contribution in [0.2, 0.25) is 0 Å². The van der Waals surface area contributed by atoms with Crippen molar-refractivity contribution in [1.29, 1.82) is 0 Å². The van der Waals surface area contributed by atoms with Gasteiger partial charge in [0.25, 0.3) is 5.69 Å². The van der Waals surface area contributed by atoms with Crippen molar-refractivity contribution >= 4 is 27.6 Å². The number of ether oxygens (including phenoxy) is 1. The number of hydrogen-bond donors (Lipinski definition) is 0. The van der Waals surface area contributed by atoms with Gasteiger partial charge in [-0.15, -0.1) is 0 Å². The highest BCUT2D eigenvalue weighted by molar-refractivity contribution is 9.10. The van der Waals surface area contributed by atoms with E-state index in [9.17, 15) is 14.9 Å². The summed E-state index contributed by atoms with van der Waals surface area (Å²) >= 11 is 3.20. The summed E-state index contributed by atoms with van der Waals surface area (Å²) in [6, 6.07) is 4.63. The normalized spacial score (nSPS) is 10.4. The summed E-state index contributed by atoms with van der Waals surface area (Å²) < 4.78 is 6.96. The van der Waals surface area contributed by atoms with E-state index in [4.69, 9.17) is 4.74 Å². The van der Waals surface area contributed by atoms with E-state index in [0.29, 0.717) is 15.7 Å². The molecule has 110 valence electrons. The number of rotatable bonds is 4. The highest BCUT2D eigenvalue weighted by atomic mass is 79.9. The molecule has 1 aromatic heterocycles. The van der Waals surface area contributed by atoms with Gasteiger partial charge in [-0.25, -0.2) is 4.79 Å². The molecule has 2 rings (SSSR count). The van der Waals surface area contributed by atoms with E-state index in [1.54, 1.807) is 26.1 Å². The average molecular weight is 354 g/mol. The molecule has 0 fully saturated rings. The molecule has 2 aromatic rings. The first-order valence-electron chi connectivity index (χ1n) is 6.09. The van der Waals surface area contributed by atoms with Gasteiger partial charge in [-0.2, -0.15) is 5.10 Å². The van der Waals surface area contributed by atoms with Crippen molar-refractivity contribution in [3.63, 3.8) is 0 Å². The number of nitro groups is 1. The van der Waals surface area contributed by atoms with Crippen molar-refractivity contribution in [2.24, 2.45) is 7.05 Å². The summed E-state index contributed by atoms with van der Waals surface area (Å²) in [5.41, 5.74) is 0.752. The molecule has 0 amide bonds. The van der Waals surface area contributed by atoms with E-state index < -0.39 is 10.9 Å². The Hall–Kier alpha value is -2.22. The fraction of sp³-hybridized carbons (Fsp3) is 0.231. The van der Waals surface area contributed by atoms with Crippen LogP contribution < -0.4 is 0 Å². The molecule has 7 nitrogen and oxygen atoms in total. The first-order valence-corrected chi connectivity index (χ1v) is 6.88. The summed E-state index contributed by atoms with van der Waals surface area (Å²) in [5, 5.41) is 15.2. The molecule has 0 atom stereocenters. The van der Waals surface area contributed by atoms with Gasteiger partial charge in [-0.3, -0.25) is 14.8 Å². The maximum absolute atomic E-state index is 11.9. The minimum atomic E-state index is -0.558. The number of halogens is 1. The number of carbonyl (C=O) groups excluding carboxylic acids is 1. The Morgan fingerprint density at radius 3 is 2.86 bits per heavy atom. The van der Waals surface area contributed by atoms with Gasteiger partial charge in [0.1, 0.15) is 5.56 Å². The van der Waals surface area contributed by atoms with Crippen molar-refractivity contribution in [1.82, 2.24) is 9.78 Å². The Morgan fingerprint density at radius 1 is 1.52 bits per heavy atom. The molecule has 1 heterocycles. The maximum Gasteiger partial charge on any atom is 0.341 e. The van der Waals surface area contributed by atoms with Gasteiger partial charge in [0.2, 0.25) is 0 Å². The highest BCUT2D eigenvalue weighted by Gasteiger charge is 2.25. The van der Waals surface area contributed by atoms with Crippen molar-refractivity contribution < 1.29 is 14.5 Å². The topological polar surface area (TPSA) is 87.3 Å². The van der Waals surface area contributed by atoms with Gasteiger partial charge in [0.05, 0.1) is 29.0 Å². The van der Waals surface area contributed by atoms with E-state index in [2.05, 4.69) is 21.0 Å². The Morgan fingerprint density at radius 2 is 2.24 bits per heavy atom. The summed E-state index contributed by atoms with van der Waals surface area (Å²) in [4.78, 5) is 22.7. The largest absolute Gasteiger partial charge is 0.462 e. The lowest BCUT2D eigenvalue weighted by Gasteiger charge is -2.07. The molecule has 1 aromatic carbocycles. The van der Waals surface area contributed by atoms with Gasteiger partial charge < -0.3 is 4.74 Å². The molecular formula is C13H12BrN3O4. The minimum Gasteiger partial charge on any atom is -0.462 e. The highest BCUT2D eigenvalue weighted by Crippen LogP contribution is 2.34. The second-order valence-electron chi connectivity index (χ2n) is 4.17. The summed E-state index contributed by atoms with van der Waals surface area (Å²) in [6.45, 7) is 1.91. The zero-order valence-electron chi connectivity index (χ0n) is 11.4. The molecule has 0 saturated heterocycles. The number of esters is 1. The zero-order chi connectivity index (χ0) is 15.6. The third-order valence-corrected chi connectivity index (χ3v) is 3.34. The molecule has 0 aliphatic carbocycles. The number of nitro benzene ring substituents is 1. The number of hydrogen-bond acceptors (Lipinski definition) is 5. The maximum atomic E-state index is 11.9. The Balaban J connectivity index is 2.65. The third-order valence-electron chi connectivity index (χ3n) is 2.85. The molecule has 21 heavy (non-hydrogen) atoms. The van der Waals surface area contributed by atoms with Gasteiger partial charge in [0, 0.05) is 17.6 Å². The van der Waals surface area contributed by atoms with Gasteiger partial charge in [-0.05, 0) is 19.1 Å². The predicted molar refractivity (Wildman–Crippen MR) is 79.0 cm³/mol. The van der Waals surface area contributed by atoms with Crippen LogP contribution in [-0.4, -0.2) is 27.3 Å². The molecule has 8 heteroatoms.